The molecule has 0 aromatic heterocycles. The lowest BCUT2D eigenvalue weighted by molar-refractivity contribution is -0.131. The Labute approximate surface area is 90.4 Å². The Bertz CT molecular complexity index is 322. The Balaban J connectivity index is 2.08. The van der Waals surface area contributed by atoms with Crippen molar-refractivity contribution in [3.8, 4) is 0 Å². The maximum Gasteiger partial charge on any atom is 0.232 e. The largest absolute Gasteiger partial charge is 0.403 e. The minimum Gasteiger partial charge on any atom is -0.403 e. The Morgan fingerprint density at radius 3 is 2.80 bits per heavy atom. The predicted octanol–water partition coefficient (Wildman–Crippen LogP) is -1.22. The maximum absolute atomic E-state index is 11.8. The van der Waals surface area contributed by atoms with Crippen LogP contribution in [0.3, 0.4) is 0 Å². The van der Waals surface area contributed by atoms with Crippen molar-refractivity contribution < 1.29 is 15.7 Å². The van der Waals surface area contributed by atoms with Crippen molar-refractivity contribution in [2.75, 3.05) is 6.61 Å². The van der Waals surface area contributed by atoms with Gasteiger partial charge in [0.25, 0.3) is 0 Å². The molecule has 2 fully saturated rings. The number of hydrogen-bond donors (Lipinski definition) is 2. The first-order valence-corrected chi connectivity index (χ1v) is 5.25. The van der Waals surface area contributed by atoms with Crippen LogP contribution >= 0.6 is 0 Å². The van der Waals surface area contributed by atoms with Crippen molar-refractivity contribution in [1.29, 1.82) is 0 Å². The molecule has 82 valence electrons. The van der Waals surface area contributed by atoms with Gasteiger partial charge in [-0.25, -0.2) is 0 Å². The van der Waals surface area contributed by atoms with Gasteiger partial charge in [0.05, 0.1) is 24.0 Å². The molecule has 1 aliphatic heterocycles. The SMILES string of the molecule is [2H]NC(=O)[C@H]1CC2(CO2)C[C@@H]1C(=O)NBC. The summed E-state index contributed by atoms with van der Waals surface area (Å²) < 4.78 is 12.2. The van der Waals surface area contributed by atoms with E-state index in [0.717, 1.165) is 0 Å². The van der Waals surface area contributed by atoms with E-state index in [9.17, 15) is 9.59 Å². The molecule has 1 saturated carbocycles. The highest BCUT2D eigenvalue weighted by Gasteiger charge is 2.58. The Morgan fingerprint density at radius 2 is 2.27 bits per heavy atom. The number of nitrogens with one attached hydrogen (secondary N) is 1. The number of nitrogens with two attached hydrogens (primary N) is 1. The van der Waals surface area contributed by atoms with Crippen LogP contribution in [0.25, 0.3) is 0 Å². The fraction of sp³-hybridized carbons (Fsp3) is 0.778. The van der Waals surface area contributed by atoms with E-state index in [0.29, 0.717) is 26.9 Å². The summed E-state index contributed by atoms with van der Waals surface area (Å²) in [7, 11) is 0.554. The predicted molar refractivity (Wildman–Crippen MR) is 55.2 cm³/mol. The molecular weight excluding hydrogens is 195 g/mol. The second-order valence-corrected chi connectivity index (χ2v) is 4.35. The van der Waals surface area contributed by atoms with Crippen LogP contribution in [-0.2, 0) is 14.3 Å². The molecule has 3 atom stereocenters. The molecule has 0 aromatic carbocycles. The third-order valence-electron chi connectivity index (χ3n) is 3.25. The minimum absolute atomic E-state index is 0.108. The standard InChI is InChI=1S/C9H15BN2O3/c1-10-12-8(14)6-3-9(4-15-9)2-5(6)7(11)13/h5-6,10H,2-4H2,1H3,(H2,11,13)(H,12,14)/t5-,6-,9?/m0/s1/i/hD. The molecule has 1 aliphatic carbocycles. The molecule has 6 heteroatoms. The van der Waals surface area contributed by atoms with Gasteiger partial charge in [-0.3, -0.25) is 9.59 Å². The second-order valence-electron chi connectivity index (χ2n) is 4.35. The highest BCUT2D eigenvalue weighted by Crippen LogP contribution is 2.49. The Kier molecular flexibility index (Phi) is 2.16. The van der Waals surface area contributed by atoms with Crippen molar-refractivity contribution in [3.63, 3.8) is 0 Å². The summed E-state index contributed by atoms with van der Waals surface area (Å²) in [5, 5.41) is 2.73. The van der Waals surface area contributed by atoms with Crippen LogP contribution in [0.4, 0.5) is 0 Å². The van der Waals surface area contributed by atoms with Crippen molar-refractivity contribution in [1.82, 2.24) is 5.23 Å². The van der Waals surface area contributed by atoms with E-state index >= 15 is 0 Å². The average Bonchev–Trinajstić information content (AvgIpc) is 2.89. The summed E-state index contributed by atoms with van der Waals surface area (Å²) in [5.74, 6) is -1.27. The zero-order chi connectivity index (χ0) is 11.8. The van der Waals surface area contributed by atoms with Gasteiger partial charge in [0.15, 0.2) is 1.41 Å². The van der Waals surface area contributed by atoms with E-state index in [1.807, 2.05) is 12.5 Å². The molecule has 0 radical (unpaired) electrons. The third kappa shape index (κ3) is 1.86. The summed E-state index contributed by atoms with van der Waals surface area (Å²) in [6.45, 7) is 2.47. The molecule has 1 heterocycles. The van der Waals surface area contributed by atoms with Crippen molar-refractivity contribution >= 4 is 19.2 Å². The zero-order valence-corrected chi connectivity index (χ0v) is 8.71. The van der Waals surface area contributed by atoms with Gasteiger partial charge in [-0.2, -0.15) is 0 Å². The highest BCUT2D eigenvalue weighted by molar-refractivity contribution is 6.35. The first kappa shape index (κ1) is 9.21. The summed E-state index contributed by atoms with van der Waals surface area (Å²) in [6.07, 6.45) is 1.15. The summed E-state index contributed by atoms with van der Waals surface area (Å²) in [5.41, 5.74) is 1.62. The molecule has 1 saturated heterocycles. The summed E-state index contributed by atoms with van der Waals surface area (Å²) >= 11 is 0. The molecule has 0 bridgehead atoms. The molecular formula is C9H15BN2O3. The fourth-order valence-electron chi connectivity index (χ4n) is 2.36. The lowest BCUT2D eigenvalue weighted by Crippen LogP contribution is -2.38. The van der Waals surface area contributed by atoms with Gasteiger partial charge in [0, 0.05) is 0 Å². The maximum atomic E-state index is 11.8. The molecule has 2 amide bonds. The van der Waals surface area contributed by atoms with Crippen molar-refractivity contribution in [2.45, 2.75) is 25.3 Å². The van der Waals surface area contributed by atoms with Crippen LogP contribution in [0.2, 0.25) is 8.23 Å². The van der Waals surface area contributed by atoms with Gasteiger partial charge >= 0.3 is 0 Å². The zero-order valence-electron chi connectivity index (χ0n) is 9.71. The first-order chi connectivity index (χ1) is 7.62. The number of carbonyl (C=O) groups excluding carboxylic acids is 2. The quantitative estimate of drug-likeness (QED) is 0.453. The lowest BCUT2D eigenvalue weighted by Gasteiger charge is -2.14. The van der Waals surface area contributed by atoms with E-state index < -0.39 is 5.92 Å². The van der Waals surface area contributed by atoms with Crippen LogP contribution in [0.5, 0.6) is 0 Å². The molecule has 1 unspecified atom stereocenters. The molecule has 1 spiro atoms. The molecule has 5 nitrogen and oxygen atoms in total. The molecule has 0 aromatic rings. The van der Waals surface area contributed by atoms with E-state index in [2.05, 4.69) is 5.23 Å². The summed E-state index contributed by atoms with van der Waals surface area (Å²) in [4.78, 5) is 23.3. The van der Waals surface area contributed by atoms with Crippen LogP contribution in [0.1, 0.15) is 12.8 Å². The van der Waals surface area contributed by atoms with Gasteiger partial charge in [0.2, 0.25) is 19.2 Å². The number of carbonyl (C=O) groups is 2. The Hall–Kier alpha value is -1.04. The molecule has 3 N–H and O–H groups in total. The van der Waals surface area contributed by atoms with Gasteiger partial charge < -0.3 is 15.7 Å². The Morgan fingerprint density at radius 1 is 1.60 bits per heavy atom. The van der Waals surface area contributed by atoms with E-state index in [4.69, 9.17) is 6.15 Å². The van der Waals surface area contributed by atoms with Gasteiger partial charge in [-0.05, 0) is 12.8 Å². The van der Waals surface area contributed by atoms with Crippen molar-refractivity contribution in [3.05, 3.63) is 0 Å². The van der Waals surface area contributed by atoms with E-state index in [1.54, 1.807) is 0 Å². The number of hydrogen-bond acceptors (Lipinski definition) is 3. The van der Waals surface area contributed by atoms with E-state index in [1.165, 1.54) is 0 Å². The number of amides is 2. The smallest absolute Gasteiger partial charge is 0.232 e. The topological polar surface area (TPSA) is 84.7 Å². The van der Waals surface area contributed by atoms with Crippen LogP contribution < -0.4 is 11.0 Å². The van der Waals surface area contributed by atoms with Crippen LogP contribution in [0.15, 0.2) is 0 Å². The first-order valence-electron chi connectivity index (χ1n) is 5.75. The highest BCUT2D eigenvalue weighted by atomic mass is 16.6. The van der Waals surface area contributed by atoms with Crippen LogP contribution in [0, 0.1) is 11.8 Å². The lowest BCUT2D eigenvalue weighted by atomic mass is 9.91. The third-order valence-corrected chi connectivity index (χ3v) is 3.25. The average molecular weight is 211 g/mol. The monoisotopic (exact) mass is 211 g/mol. The van der Waals surface area contributed by atoms with Gasteiger partial charge in [-0.15, -0.1) is 0 Å². The minimum atomic E-state index is -0.424. The van der Waals surface area contributed by atoms with E-state index in [-0.39, 0.29) is 23.3 Å². The van der Waals surface area contributed by atoms with Gasteiger partial charge in [-0.1, -0.05) is 6.82 Å². The van der Waals surface area contributed by atoms with Crippen LogP contribution in [-0.4, -0.2) is 31.4 Å². The summed E-state index contributed by atoms with van der Waals surface area (Å²) in [6, 6.07) is 0. The number of rotatable bonds is 3. The number of ether oxygens (including phenoxy) is 1. The molecule has 2 aliphatic rings. The second kappa shape index (κ2) is 3.52. The normalized spacial score (nSPS) is 38.3. The van der Waals surface area contributed by atoms with Crippen molar-refractivity contribution in [2.24, 2.45) is 17.6 Å². The number of primary amides is 1. The van der Waals surface area contributed by atoms with Gasteiger partial charge in [0.1, 0.15) is 0 Å². The number of epoxide rings is 1. The molecule has 2 rings (SSSR count). The molecule has 15 heavy (non-hydrogen) atoms. The fourth-order valence-corrected chi connectivity index (χ4v) is 2.36.